The van der Waals surface area contributed by atoms with Crippen LogP contribution in [0.3, 0.4) is 0 Å². The smallest absolute Gasteiger partial charge is 0.209 e. The lowest BCUT2D eigenvalue weighted by Crippen LogP contribution is -2.36. The molecule has 1 aliphatic rings. The number of piperidine rings is 1. The third kappa shape index (κ3) is 3.22. The van der Waals surface area contributed by atoms with Gasteiger partial charge in [-0.1, -0.05) is 18.2 Å². The Morgan fingerprint density at radius 2 is 2.29 bits per heavy atom. The van der Waals surface area contributed by atoms with Crippen LogP contribution in [-0.2, 0) is 4.79 Å². The first-order valence-corrected chi connectivity index (χ1v) is 6.17. The number of benzene rings is 1. The highest BCUT2D eigenvalue weighted by atomic mass is 16.5. The van der Waals surface area contributed by atoms with Crippen LogP contribution in [0.4, 0.5) is 0 Å². The van der Waals surface area contributed by atoms with Gasteiger partial charge in [-0.15, -0.1) is 0 Å². The Kier molecular flexibility index (Phi) is 4.02. The summed E-state index contributed by atoms with van der Waals surface area (Å²) in [5.74, 6) is 1.42. The van der Waals surface area contributed by atoms with Gasteiger partial charge in [-0.05, 0) is 31.4 Å². The fourth-order valence-corrected chi connectivity index (χ4v) is 2.26. The van der Waals surface area contributed by atoms with E-state index in [1.54, 1.807) is 0 Å². The molecular formula is C14H19NO2. The molecule has 1 saturated heterocycles. The average Bonchev–Trinajstić information content (AvgIpc) is 2.38. The van der Waals surface area contributed by atoms with E-state index in [1.165, 1.54) is 0 Å². The Morgan fingerprint density at radius 1 is 1.47 bits per heavy atom. The Bertz CT molecular complexity index is 378. The molecule has 3 nitrogen and oxygen atoms in total. The maximum Gasteiger partial charge on any atom is 0.209 e. The summed E-state index contributed by atoms with van der Waals surface area (Å²) in [5.41, 5.74) is 1.16. The lowest BCUT2D eigenvalue weighted by atomic mass is 9.99. The van der Waals surface area contributed by atoms with Gasteiger partial charge in [0.1, 0.15) is 5.75 Å². The minimum Gasteiger partial charge on any atom is -0.493 e. The average molecular weight is 233 g/mol. The van der Waals surface area contributed by atoms with Crippen molar-refractivity contribution >= 4 is 6.41 Å². The molecule has 0 N–H and O–H groups in total. The van der Waals surface area contributed by atoms with Crippen molar-refractivity contribution in [1.82, 2.24) is 4.90 Å². The molecule has 17 heavy (non-hydrogen) atoms. The molecule has 0 spiro atoms. The first-order chi connectivity index (χ1) is 8.29. The molecule has 92 valence electrons. The summed E-state index contributed by atoms with van der Waals surface area (Å²) in [6, 6.07) is 8.04. The molecule has 0 saturated carbocycles. The van der Waals surface area contributed by atoms with Crippen LogP contribution in [0.25, 0.3) is 0 Å². The lowest BCUT2D eigenvalue weighted by Gasteiger charge is -2.29. The molecule has 0 bridgehead atoms. The van der Waals surface area contributed by atoms with Gasteiger partial charge in [0.2, 0.25) is 6.41 Å². The van der Waals surface area contributed by atoms with Crippen molar-refractivity contribution in [2.24, 2.45) is 5.92 Å². The van der Waals surface area contributed by atoms with Crippen LogP contribution < -0.4 is 4.74 Å². The third-order valence-electron chi connectivity index (χ3n) is 3.27. The minimum absolute atomic E-state index is 0.466. The van der Waals surface area contributed by atoms with Gasteiger partial charge in [-0.2, -0.15) is 0 Å². The molecule has 1 amide bonds. The van der Waals surface area contributed by atoms with Gasteiger partial charge in [-0.3, -0.25) is 4.79 Å². The molecule has 1 aromatic rings. The van der Waals surface area contributed by atoms with E-state index in [1.807, 2.05) is 36.1 Å². The fraction of sp³-hybridized carbons (Fsp3) is 0.500. The Balaban J connectivity index is 1.86. The quantitative estimate of drug-likeness (QED) is 0.746. The third-order valence-corrected chi connectivity index (χ3v) is 3.27. The summed E-state index contributed by atoms with van der Waals surface area (Å²) in [4.78, 5) is 12.6. The number of ether oxygens (including phenoxy) is 1. The van der Waals surface area contributed by atoms with Crippen molar-refractivity contribution in [3.8, 4) is 5.75 Å². The molecule has 1 aliphatic heterocycles. The van der Waals surface area contributed by atoms with E-state index in [-0.39, 0.29) is 0 Å². The Morgan fingerprint density at radius 3 is 3.06 bits per heavy atom. The zero-order valence-corrected chi connectivity index (χ0v) is 10.3. The number of rotatable bonds is 4. The van der Waals surface area contributed by atoms with Gasteiger partial charge in [0, 0.05) is 19.0 Å². The van der Waals surface area contributed by atoms with Crippen LogP contribution in [-0.4, -0.2) is 31.0 Å². The summed E-state index contributed by atoms with van der Waals surface area (Å²) < 4.78 is 5.83. The van der Waals surface area contributed by atoms with Gasteiger partial charge < -0.3 is 9.64 Å². The summed E-state index contributed by atoms with van der Waals surface area (Å²) in [7, 11) is 0. The number of amides is 1. The van der Waals surface area contributed by atoms with E-state index < -0.39 is 0 Å². The number of carbonyl (C=O) groups is 1. The zero-order chi connectivity index (χ0) is 12.1. The van der Waals surface area contributed by atoms with Crippen LogP contribution in [0, 0.1) is 12.8 Å². The molecule has 1 atom stereocenters. The molecule has 0 aromatic heterocycles. The largest absolute Gasteiger partial charge is 0.493 e. The van der Waals surface area contributed by atoms with Crippen molar-refractivity contribution in [2.45, 2.75) is 19.8 Å². The van der Waals surface area contributed by atoms with Crippen LogP contribution >= 0.6 is 0 Å². The highest BCUT2D eigenvalue weighted by molar-refractivity contribution is 5.47. The second-order valence-corrected chi connectivity index (χ2v) is 4.69. The first kappa shape index (κ1) is 12.0. The standard InChI is InChI=1S/C14H19NO2/c1-12-5-2-3-7-14(12)17-10-13-6-4-8-15(9-13)11-16/h2-3,5,7,11,13H,4,6,8-10H2,1H3. The van der Waals surface area contributed by atoms with Crippen molar-refractivity contribution < 1.29 is 9.53 Å². The molecule has 1 heterocycles. The zero-order valence-electron chi connectivity index (χ0n) is 10.3. The predicted molar refractivity (Wildman–Crippen MR) is 67.0 cm³/mol. The predicted octanol–water partition coefficient (Wildman–Crippen LogP) is 2.24. The Labute approximate surface area is 102 Å². The highest BCUT2D eigenvalue weighted by Gasteiger charge is 2.19. The van der Waals surface area contributed by atoms with Gasteiger partial charge in [-0.25, -0.2) is 0 Å². The minimum atomic E-state index is 0.466. The Hall–Kier alpha value is -1.51. The van der Waals surface area contributed by atoms with Crippen LogP contribution in [0.2, 0.25) is 0 Å². The fourth-order valence-electron chi connectivity index (χ4n) is 2.26. The van der Waals surface area contributed by atoms with E-state index in [9.17, 15) is 4.79 Å². The van der Waals surface area contributed by atoms with Gasteiger partial charge in [0.25, 0.3) is 0 Å². The molecule has 1 fully saturated rings. The number of hydrogen-bond donors (Lipinski definition) is 0. The maximum absolute atomic E-state index is 10.7. The molecular weight excluding hydrogens is 214 g/mol. The molecule has 0 aliphatic carbocycles. The number of nitrogens with zero attached hydrogens (tertiary/aromatic N) is 1. The number of hydrogen-bond acceptors (Lipinski definition) is 2. The molecule has 3 heteroatoms. The number of carbonyl (C=O) groups excluding carboxylic acids is 1. The maximum atomic E-state index is 10.7. The van der Waals surface area contributed by atoms with Crippen LogP contribution in [0.5, 0.6) is 5.75 Å². The normalized spacial score (nSPS) is 20.1. The summed E-state index contributed by atoms with van der Waals surface area (Å²) in [5, 5.41) is 0. The van der Waals surface area contributed by atoms with Gasteiger partial charge >= 0.3 is 0 Å². The van der Waals surface area contributed by atoms with Gasteiger partial charge in [0.15, 0.2) is 0 Å². The van der Waals surface area contributed by atoms with Crippen molar-refractivity contribution in [3.63, 3.8) is 0 Å². The van der Waals surface area contributed by atoms with E-state index in [0.717, 1.165) is 43.7 Å². The highest BCUT2D eigenvalue weighted by Crippen LogP contribution is 2.20. The molecule has 2 rings (SSSR count). The van der Waals surface area contributed by atoms with E-state index >= 15 is 0 Å². The van der Waals surface area contributed by atoms with Crippen LogP contribution in [0.1, 0.15) is 18.4 Å². The van der Waals surface area contributed by atoms with E-state index in [0.29, 0.717) is 12.5 Å². The van der Waals surface area contributed by atoms with Crippen molar-refractivity contribution in [2.75, 3.05) is 19.7 Å². The van der Waals surface area contributed by atoms with Crippen molar-refractivity contribution in [3.05, 3.63) is 29.8 Å². The number of para-hydroxylation sites is 1. The van der Waals surface area contributed by atoms with Gasteiger partial charge in [0.05, 0.1) is 6.61 Å². The molecule has 0 radical (unpaired) electrons. The second-order valence-electron chi connectivity index (χ2n) is 4.69. The number of aryl methyl sites for hydroxylation is 1. The molecule has 1 unspecified atom stereocenters. The van der Waals surface area contributed by atoms with Crippen molar-refractivity contribution in [1.29, 1.82) is 0 Å². The second kappa shape index (κ2) is 5.71. The molecule has 1 aromatic carbocycles. The number of likely N-dealkylation sites (tertiary alicyclic amines) is 1. The first-order valence-electron chi connectivity index (χ1n) is 6.17. The lowest BCUT2D eigenvalue weighted by molar-refractivity contribution is -0.119. The summed E-state index contributed by atoms with van der Waals surface area (Å²) in [6.07, 6.45) is 3.18. The van der Waals surface area contributed by atoms with E-state index in [2.05, 4.69) is 0 Å². The monoisotopic (exact) mass is 233 g/mol. The topological polar surface area (TPSA) is 29.5 Å². The van der Waals surface area contributed by atoms with Crippen LogP contribution in [0.15, 0.2) is 24.3 Å². The SMILES string of the molecule is Cc1ccccc1OCC1CCCN(C=O)C1. The van der Waals surface area contributed by atoms with E-state index in [4.69, 9.17) is 4.74 Å². The summed E-state index contributed by atoms with van der Waals surface area (Å²) in [6.45, 7) is 4.48. The summed E-state index contributed by atoms with van der Waals surface area (Å²) >= 11 is 0.